The number of nitrogens with zero attached hydrogens (tertiary/aromatic N) is 1. The molecule has 1 atom stereocenters. The van der Waals surface area contributed by atoms with Gasteiger partial charge in [-0.25, -0.2) is 8.42 Å². The van der Waals surface area contributed by atoms with Crippen LogP contribution in [-0.4, -0.2) is 37.6 Å². The maximum absolute atomic E-state index is 11.8. The lowest BCUT2D eigenvalue weighted by molar-refractivity contribution is 0.342. The first-order valence-corrected chi connectivity index (χ1v) is 6.80. The van der Waals surface area contributed by atoms with Crippen molar-refractivity contribution in [1.29, 1.82) is 0 Å². The van der Waals surface area contributed by atoms with Gasteiger partial charge < -0.3 is 5.73 Å². The zero-order valence-electron chi connectivity index (χ0n) is 9.36. The Hall–Kier alpha value is -0.130. The molecule has 4 nitrogen and oxygen atoms in total. The average molecular weight is 222 g/mol. The highest BCUT2D eigenvalue weighted by molar-refractivity contribution is 7.89. The Morgan fingerprint density at radius 1 is 1.36 bits per heavy atom. The first-order valence-electron chi connectivity index (χ1n) is 5.19. The van der Waals surface area contributed by atoms with E-state index in [-0.39, 0.29) is 11.8 Å². The number of rotatable bonds is 7. The van der Waals surface area contributed by atoms with E-state index < -0.39 is 10.0 Å². The second-order valence-corrected chi connectivity index (χ2v) is 5.46. The van der Waals surface area contributed by atoms with Crippen molar-refractivity contribution in [2.75, 3.05) is 18.8 Å². The van der Waals surface area contributed by atoms with Gasteiger partial charge in [-0.3, -0.25) is 0 Å². The van der Waals surface area contributed by atoms with Gasteiger partial charge >= 0.3 is 0 Å². The molecule has 5 heteroatoms. The van der Waals surface area contributed by atoms with E-state index >= 15 is 0 Å². The molecule has 0 aromatic heterocycles. The lowest BCUT2D eigenvalue weighted by Crippen LogP contribution is -2.39. The number of hydrogen-bond donors (Lipinski definition) is 1. The molecule has 14 heavy (non-hydrogen) atoms. The number of sulfonamides is 1. The summed E-state index contributed by atoms with van der Waals surface area (Å²) < 4.78 is 25.1. The van der Waals surface area contributed by atoms with E-state index in [4.69, 9.17) is 5.73 Å². The van der Waals surface area contributed by atoms with Crippen LogP contribution in [0.15, 0.2) is 0 Å². The topological polar surface area (TPSA) is 63.4 Å². The largest absolute Gasteiger partial charge is 0.330 e. The summed E-state index contributed by atoms with van der Waals surface area (Å²) in [5.74, 6) is 0.168. The highest BCUT2D eigenvalue weighted by atomic mass is 32.2. The molecule has 1 unspecified atom stereocenters. The van der Waals surface area contributed by atoms with E-state index in [9.17, 15) is 8.42 Å². The molecule has 0 amide bonds. The molecule has 0 aliphatic heterocycles. The Kier molecular flexibility index (Phi) is 6.31. The molecule has 0 saturated heterocycles. The van der Waals surface area contributed by atoms with Gasteiger partial charge in [0.15, 0.2) is 0 Å². The molecule has 0 aromatic rings. The number of nitrogens with two attached hydrogens (primary N) is 1. The third kappa shape index (κ3) is 3.94. The molecule has 0 saturated carbocycles. The Morgan fingerprint density at radius 3 is 2.29 bits per heavy atom. The van der Waals surface area contributed by atoms with Crippen LogP contribution in [-0.2, 0) is 10.0 Å². The van der Waals surface area contributed by atoms with Crippen molar-refractivity contribution in [2.45, 2.75) is 39.7 Å². The Morgan fingerprint density at radius 2 is 1.93 bits per heavy atom. The molecule has 0 aliphatic rings. The quantitative estimate of drug-likeness (QED) is 0.692. The summed E-state index contributed by atoms with van der Waals surface area (Å²) in [7, 11) is -3.09. The summed E-state index contributed by atoms with van der Waals surface area (Å²) in [6.07, 6.45) is 1.38. The van der Waals surface area contributed by atoms with Crippen molar-refractivity contribution in [3.8, 4) is 0 Å². The van der Waals surface area contributed by atoms with Crippen LogP contribution in [0.5, 0.6) is 0 Å². The minimum Gasteiger partial charge on any atom is -0.330 e. The molecular weight excluding hydrogens is 200 g/mol. The standard InChI is InChI=1S/C9H22N2O2S/c1-4-9(3)11(5-2)14(12,13)8-6-7-10/h9H,4-8,10H2,1-3H3. The molecule has 0 bridgehead atoms. The Balaban J connectivity index is 4.49. The predicted molar refractivity (Wildman–Crippen MR) is 59.6 cm³/mol. The second-order valence-electron chi connectivity index (χ2n) is 3.42. The van der Waals surface area contributed by atoms with Crippen LogP contribution in [0.1, 0.15) is 33.6 Å². The van der Waals surface area contributed by atoms with Gasteiger partial charge in [0, 0.05) is 12.6 Å². The minimum absolute atomic E-state index is 0.0859. The minimum atomic E-state index is -3.09. The fourth-order valence-corrected chi connectivity index (χ4v) is 3.23. The van der Waals surface area contributed by atoms with Gasteiger partial charge in [-0.2, -0.15) is 4.31 Å². The van der Waals surface area contributed by atoms with Gasteiger partial charge in [-0.05, 0) is 26.3 Å². The highest BCUT2D eigenvalue weighted by Gasteiger charge is 2.23. The summed E-state index contributed by atoms with van der Waals surface area (Å²) in [5.41, 5.74) is 5.30. The van der Waals surface area contributed by atoms with Crippen molar-refractivity contribution in [1.82, 2.24) is 4.31 Å². The predicted octanol–water partition coefficient (Wildman–Crippen LogP) is 0.785. The van der Waals surface area contributed by atoms with Crippen molar-refractivity contribution in [2.24, 2.45) is 5.73 Å². The fourth-order valence-electron chi connectivity index (χ4n) is 1.37. The normalized spacial score (nSPS) is 14.6. The van der Waals surface area contributed by atoms with Crippen LogP contribution in [0.3, 0.4) is 0 Å². The van der Waals surface area contributed by atoms with Crippen molar-refractivity contribution >= 4 is 10.0 Å². The third-order valence-electron chi connectivity index (χ3n) is 2.36. The molecule has 0 radical (unpaired) electrons. The van der Waals surface area contributed by atoms with Crippen LogP contribution < -0.4 is 5.73 Å². The number of hydrogen-bond acceptors (Lipinski definition) is 3. The molecule has 0 rings (SSSR count). The monoisotopic (exact) mass is 222 g/mol. The molecular formula is C9H22N2O2S. The smallest absolute Gasteiger partial charge is 0.214 e. The molecule has 0 fully saturated rings. The fraction of sp³-hybridized carbons (Fsp3) is 1.00. The average Bonchev–Trinajstić information content (AvgIpc) is 2.15. The first kappa shape index (κ1) is 13.9. The van der Waals surface area contributed by atoms with Gasteiger partial charge in [0.25, 0.3) is 0 Å². The maximum Gasteiger partial charge on any atom is 0.214 e. The van der Waals surface area contributed by atoms with Crippen LogP contribution in [0.4, 0.5) is 0 Å². The first-order chi connectivity index (χ1) is 6.49. The summed E-state index contributed by atoms with van der Waals surface area (Å²) in [4.78, 5) is 0. The van der Waals surface area contributed by atoms with Gasteiger partial charge in [0.1, 0.15) is 0 Å². The van der Waals surface area contributed by atoms with Crippen LogP contribution in [0.25, 0.3) is 0 Å². The summed E-state index contributed by atoms with van der Waals surface area (Å²) >= 11 is 0. The molecule has 2 N–H and O–H groups in total. The van der Waals surface area contributed by atoms with Crippen molar-refractivity contribution < 1.29 is 8.42 Å². The molecule has 0 aliphatic carbocycles. The Bertz CT molecular complexity index is 239. The third-order valence-corrected chi connectivity index (χ3v) is 4.50. The summed E-state index contributed by atoms with van der Waals surface area (Å²) in [5, 5.41) is 0. The molecule has 0 heterocycles. The van der Waals surface area contributed by atoms with Gasteiger partial charge in [0.2, 0.25) is 10.0 Å². The molecule has 0 spiro atoms. The second kappa shape index (κ2) is 6.37. The Labute approximate surface area is 87.5 Å². The van der Waals surface area contributed by atoms with Gasteiger partial charge in [-0.15, -0.1) is 0 Å². The van der Waals surface area contributed by atoms with E-state index in [1.165, 1.54) is 0 Å². The SMILES string of the molecule is CCC(C)N(CC)S(=O)(=O)CCCN. The zero-order chi connectivity index (χ0) is 11.2. The summed E-state index contributed by atoms with van der Waals surface area (Å²) in [6, 6.07) is 0.0859. The molecule has 0 aromatic carbocycles. The summed E-state index contributed by atoms with van der Waals surface area (Å²) in [6.45, 7) is 6.76. The van der Waals surface area contributed by atoms with Crippen LogP contribution in [0.2, 0.25) is 0 Å². The lowest BCUT2D eigenvalue weighted by atomic mass is 10.3. The van der Waals surface area contributed by atoms with Crippen LogP contribution >= 0.6 is 0 Å². The van der Waals surface area contributed by atoms with Crippen molar-refractivity contribution in [3.05, 3.63) is 0 Å². The zero-order valence-corrected chi connectivity index (χ0v) is 10.2. The van der Waals surface area contributed by atoms with E-state index in [0.717, 1.165) is 6.42 Å². The molecule has 86 valence electrons. The maximum atomic E-state index is 11.8. The van der Waals surface area contributed by atoms with Crippen molar-refractivity contribution in [3.63, 3.8) is 0 Å². The van der Waals surface area contributed by atoms with E-state index in [1.54, 1.807) is 4.31 Å². The van der Waals surface area contributed by atoms with Crippen LogP contribution in [0, 0.1) is 0 Å². The highest BCUT2D eigenvalue weighted by Crippen LogP contribution is 2.10. The van der Waals surface area contributed by atoms with Gasteiger partial charge in [-0.1, -0.05) is 13.8 Å². The van der Waals surface area contributed by atoms with E-state index in [2.05, 4.69) is 0 Å². The van der Waals surface area contributed by atoms with E-state index in [1.807, 2.05) is 20.8 Å². The van der Waals surface area contributed by atoms with Gasteiger partial charge in [0.05, 0.1) is 5.75 Å². The lowest BCUT2D eigenvalue weighted by Gasteiger charge is -2.26. The van der Waals surface area contributed by atoms with E-state index in [0.29, 0.717) is 19.5 Å².